The number of aromatic amines is 1. The molecular weight excluding hydrogens is 238 g/mol. The molecule has 2 aromatic heterocycles. The first-order chi connectivity index (χ1) is 9.42. The van der Waals surface area contributed by atoms with Crippen LogP contribution in [0.3, 0.4) is 0 Å². The maximum Gasteiger partial charge on any atom is 0.182 e. The summed E-state index contributed by atoms with van der Waals surface area (Å²) >= 11 is 0. The molecule has 1 saturated carbocycles. The summed E-state index contributed by atoms with van der Waals surface area (Å²) in [4.78, 5) is 15.6. The third-order valence-corrected chi connectivity index (χ3v) is 3.56. The van der Waals surface area contributed by atoms with E-state index >= 15 is 0 Å². The Morgan fingerprint density at radius 1 is 1.11 bits per heavy atom. The van der Waals surface area contributed by atoms with Crippen LogP contribution < -0.4 is 5.32 Å². The second-order valence-electron chi connectivity index (χ2n) is 4.83. The van der Waals surface area contributed by atoms with Crippen molar-refractivity contribution in [3.8, 4) is 0 Å². The summed E-state index contributed by atoms with van der Waals surface area (Å²) in [5, 5.41) is 3.47. The SMILES string of the molecule is c1ccc(C2CC2Nc2ncnc3nc[nH]c23)cc1. The van der Waals surface area contributed by atoms with Crippen molar-refractivity contribution < 1.29 is 0 Å². The average molecular weight is 251 g/mol. The number of nitrogens with zero attached hydrogens (tertiary/aromatic N) is 3. The molecular formula is C14H13N5. The van der Waals surface area contributed by atoms with Crippen LogP contribution in [0.5, 0.6) is 0 Å². The first kappa shape index (κ1) is 10.5. The Kier molecular flexibility index (Phi) is 2.24. The summed E-state index contributed by atoms with van der Waals surface area (Å²) in [5.74, 6) is 1.42. The summed E-state index contributed by atoms with van der Waals surface area (Å²) in [6.07, 6.45) is 4.33. The fourth-order valence-electron chi connectivity index (χ4n) is 2.47. The standard InChI is InChI=1S/C14H13N5/c1-2-4-9(5-3-1)10-6-11(10)19-14-12-13(16-7-15-12)17-8-18-14/h1-5,7-8,10-11H,6H2,(H2,15,16,17,18,19). The minimum Gasteiger partial charge on any atom is -0.365 e. The number of H-pyrrole nitrogens is 1. The monoisotopic (exact) mass is 251 g/mol. The van der Waals surface area contributed by atoms with Crippen LogP contribution >= 0.6 is 0 Å². The zero-order chi connectivity index (χ0) is 12.7. The summed E-state index contributed by atoms with van der Waals surface area (Å²) in [7, 11) is 0. The molecule has 0 radical (unpaired) electrons. The number of hydrogen-bond donors (Lipinski definition) is 2. The molecule has 0 spiro atoms. The van der Waals surface area contributed by atoms with Crippen molar-refractivity contribution in [2.24, 2.45) is 0 Å². The molecule has 2 heterocycles. The zero-order valence-corrected chi connectivity index (χ0v) is 10.2. The minimum atomic E-state index is 0.448. The summed E-state index contributed by atoms with van der Waals surface area (Å²) in [6, 6.07) is 11.0. The molecule has 1 aromatic carbocycles. The van der Waals surface area contributed by atoms with Gasteiger partial charge in [0.25, 0.3) is 0 Å². The van der Waals surface area contributed by atoms with Gasteiger partial charge < -0.3 is 10.3 Å². The van der Waals surface area contributed by atoms with Gasteiger partial charge >= 0.3 is 0 Å². The lowest BCUT2D eigenvalue weighted by Gasteiger charge is -2.05. The van der Waals surface area contributed by atoms with Gasteiger partial charge in [-0.2, -0.15) is 0 Å². The predicted octanol–water partition coefficient (Wildman–Crippen LogP) is 2.32. The van der Waals surface area contributed by atoms with Crippen molar-refractivity contribution in [2.75, 3.05) is 5.32 Å². The number of anilines is 1. The molecule has 1 aliphatic carbocycles. The Bertz CT molecular complexity index is 706. The lowest BCUT2D eigenvalue weighted by molar-refractivity contribution is 1.03. The molecule has 5 nitrogen and oxygen atoms in total. The van der Waals surface area contributed by atoms with Crippen molar-refractivity contribution >= 4 is 17.0 Å². The van der Waals surface area contributed by atoms with Crippen LogP contribution in [0.25, 0.3) is 11.2 Å². The highest BCUT2D eigenvalue weighted by Crippen LogP contribution is 2.42. The number of hydrogen-bond acceptors (Lipinski definition) is 4. The van der Waals surface area contributed by atoms with Crippen LogP contribution in [0, 0.1) is 0 Å². The lowest BCUT2D eigenvalue weighted by Crippen LogP contribution is -2.06. The van der Waals surface area contributed by atoms with Crippen LogP contribution in [-0.2, 0) is 0 Å². The largest absolute Gasteiger partial charge is 0.365 e. The second kappa shape index (κ2) is 4.05. The Morgan fingerprint density at radius 2 is 2.00 bits per heavy atom. The van der Waals surface area contributed by atoms with Gasteiger partial charge in [-0.05, 0) is 12.0 Å². The maximum absolute atomic E-state index is 4.29. The van der Waals surface area contributed by atoms with Crippen molar-refractivity contribution in [2.45, 2.75) is 18.4 Å². The highest BCUT2D eigenvalue weighted by molar-refractivity contribution is 5.82. The Labute approximate surface area is 110 Å². The smallest absolute Gasteiger partial charge is 0.182 e. The average Bonchev–Trinajstić information content (AvgIpc) is 3.05. The molecule has 0 amide bonds. The first-order valence-electron chi connectivity index (χ1n) is 6.37. The molecule has 3 aromatic rings. The van der Waals surface area contributed by atoms with Gasteiger partial charge in [-0.25, -0.2) is 15.0 Å². The van der Waals surface area contributed by atoms with Crippen LogP contribution in [0.15, 0.2) is 43.0 Å². The molecule has 94 valence electrons. The quantitative estimate of drug-likeness (QED) is 0.749. The first-order valence-corrected chi connectivity index (χ1v) is 6.37. The number of aromatic nitrogens is 4. The summed E-state index contributed by atoms with van der Waals surface area (Å²) in [5.41, 5.74) is 2.96. The van der Waals surface area contributed by atoms with Crippen LogP contribution in [0.2, 0.25) is 0 Å². The molecule has 2 unspecified atom stereocenters. The number of rotatable bonds is 3. The van der Waals surface area contributed by atoms with E-state index in [2.05, 4.69) is 49.5 Å². The van der Waals surface area contributed by atoms with Gasteiger partial charge in [0.2, 0.25) is 0 Å². The van der Waals surface area contributed by atoms with E-state index in [1.54, 1.807) is 12.7 Å². The molecule has 4 rings (SSSR count). The van der Waals surface area contributed by atoms with E-state index in [1.807, 2.05) is 6.07 Å². The van der Waals surface area contributed by atoms with Gasteiger partial charge in [0, 0.05) is 12.0 Å². The number of fused-ring (bicyclic) bond motifs is 1. The van der Waals surface area contributed by atoms with Gasteiger partial charge in [-0.1, -0.05) is 30.3 Å². The Hall–Kier alpha value is -2.43. The zero-order valence-electron chi connectivity index (χ0n) is 10.2. The molecule has 5 heteroatoms. The fraction of sp³-hybridized carbons (Fsp3) is 0.214. The van der Waals surface area contributed by atoms with Crippen molar-refractivity contribution in [1.82, 2.24) is 19.9 Å². The third-order valence-electron chi connectivity index (χ3n) is 3.56. The Balaban J connectivity index is 1.56. The van der Waals surface area contributed by atoms with Gasteiger partial charge in [0.1, 0.15) is 11.8 Å². The third kappa shape index (κ3) is 1.83. The molecule has 0 bridgehead atoms. The van der Waals surface area contributed by atoms with Gasteiger partial charge in [0.05, 0.1) is 6.33 Å². The molecule has 1 aliphatic rings. The fourth-order valence-corrected chi connectivity index (χ4v) is 2.47. The van der Waals surface area contributed by atoms with Gasteiger partial charge in [0.15, 0.2) is 11.5 Å². The van der Waals surface area contributed by atoms with Crippen LogP contribution in [0.1, 0.15) is 17.9 Å². The molecule has 2 atom stereocenters. The summed E-state index contributed by atoms with van der Waals surface area (Å²) < 4.78 is 0. The highest BCUT2D eigenvalue weighted by Gasteiger charge is 2.38. The predicted molar refractivity (Wildman–Crippen MR) is 72.9 cm³/mol. The van der Waals surface area contributed by atoms with Crippen molar-refractivity contribution in [3.05, 3.63) is 48.5 Å². The number of imidazole rings is 1. The molecule has 0 aliphatic heterocycles. The van der Waals surface area contributed by atoms with E-state index in [0.717, 1.165) is 17.8 Å². The molecule has 19 heavy (non-hydrogen) atoms. The number of nitrogens with one attached hydrogen (secondary N) is 2. The van der Waals surface area contributed by atoms with E-state index in [1.165, 1.54) is 5.56 Å². The maximum atomic E-state index is 4.29. The van der Waals surface area contributed by atoms with E-state index < -0.39 is 0 Å². The van der Waals surface area contributed by atoms with Crippen LogP contribution in [0.4, 0.5) is 5.82 Å². The van der Waals surface area contributed by atoms with Crippen LogP contribution in [-0.4, -0.2) is 26.0 Å². The second-order valence-corrected chi connectivity index (χ2v) is 4.83. The normalized spacial score (nSPS) is 21.5. The van der Waals surface area contributed by atoms with Crippen molar-refractivity contribution in [1.29, 1.82) is 0 Å². The molecule has 1 fully saturated rings. The van der Waals surface area contributed by atoms with Gasteiger partial charge in [-0.15, -0.1) is 0 Å². The Morgan fingerprint density at radius 3 is 2.89 bits per heavy atom. The van der Waals surface area contributed by atoms with E-state index in [0.29, 0.717) is 17.6 Å². The minimum absolute atomic E-state index is 0.448. The van der Waals surface area contributed by atoms with E-state index in [-0.39, 0.29) is 0 Å². The van der Waals surface area contributed by atoms with E-state index in [9.17, 15) is 0 Å². The van der Waals surface area contributed by atoms with E-state index in [4.69, 9.17) is 0 Å². The molecule has 0 saturated heterocycles. The molecule has 2 N–H and O–H groups in total. The van der Waals surface area contributed by atoms with Gasteiger partial charge in [-0.3, -0.25) is 0 Å². The van der Waals surface area contributed by atoms with Crippen molar-refractivity contribution in [3.63, 3.8) is 0 Å². The highest BCUT2D eigenvalue weighted by atomic mass is 15.1. The topological polar surface area (TPSA) is 66.5 Å². The lowest BCUT2D eigenvalue weighted by atomic mass is 10.1. The number of benzene rings is 1. The summed E-state index contributed by atoms with van der Waals surface area (Å²) in [6.45, 7) is 0.